The molecule has 2 nitrogen and oxygen atoms in total. The van der Waals surface area contributed by atoms with Gasteiger partial charge in [0, 0.05) is 18.1 Å². The Morgan fingerprint density at radius 1 is 1.12 bits per heavy atom. The van der Waals surface area contributed by atoms with E-state index >= 15 is 0 Å². The Balaban J connectivity index is 2.30. The van der Waals surface area contributed by atoms with Crippen LogP contribution in [0.5, 0.6) is 5.95 Å². The zero-order valence-electron chi connectivity index (χ0n) is 10.4. The molecule has 0 aliphatic carbocycles. The third kappa shape index (κ3) is 2.70. The average Bonchev–Trinajstić information content (AvgIpc) is 2.80. The molecule has 0 radical (unpaired) electrons. The van der Waals surface area contributed by atoms with Crippen LogP contribution < -0.4 is 4.74 Å². The van der Waals surface area contributed by atoms with Gasteiger partial charge in [-0.3, -0.25) is 0 Å². The second-order valence-electron chi connectivity index (χ2n) is 3.97. The molecule has 1 aromatic heterocycles. The van der Waals surface area contributed by atoms with Gasteiger partial charge in [-0.1, -0.05) is 44.2 Å². The lowest BCUT2D eigenvalue weighted by Crippen LogP contribution is -1.92. The van der Waals surface area contributed by atoms with Crippen molar-refractivity contribution in [2.24, 2.45) is 0 Å². The van der Waals surface area contributed by atoms with Crippen molar-refractivity contribution in [2.75, 3.05) is 6.61 Å². The fourth-order valence-corrected chi connectivity index (χ4v) is 1.80. The molecule has 2 heteroatoms. The smallest absolute Gasteiger partial charge is 0.285 e. The van der Waals surface area contributed by atoms with Crippen LogP contribution in [0.25, 0.3) is 11.1 Å². The molecule has 0 amide bonds. The van der Waals surface area contributed by atoms with Gasteiger partial charge in [0.2, 0.25) is 0 Å². The Labute approximate surface area is 102 Å². The summed E-state index contributed by atoms with van der Waals surface area (Å²) in [6.07, 6.45) is 1.86. The first-order valence-corrected chi connectivity index (χ1v) is 6.16. The second kappa shape index (κ2) is 5.58. The summed E-state index contributed by atoms with van der Waals surface area (Å²) in [7, 11) is 0. The number of benzene rings is 1. The van der Waals surface area contributed by atoms with Gasteiger partial charge in [-0.2, -0.15) is 0 Å². The first kappa shape index (κ1) is 11.8. The quantitative estimate of drug-likeness (QED) is 0.764. The van der Waals surface area contributed by atoms with Crippen LogP contribution in [0.3, 0.4) is 0 Å². The average molecular weight is 230 g/mol. The molecule has 1 aromatic carbocycles. The van der Waals surface area contributed by atoms with E-state index < -0.39 is 0 Å². The Kier molecular flexibility index (Phi) is 3.86. The second-order valence-corrected chi connectivity index (χ2v) is 3.97. The van der Waals surface area contributed by atoms with Gasteiger partial charge in [0.15, 0.2) is 0 Å². The van der Waals surface area contributed by atoms with Gasteiger partial charge in [-0.15, -0.1) is 0 Å². The van der Waals surface area contributed by atoms with E-state index in [1.165, 1.54) is 5.56 Å². The van der Waals surface area contributed by atoms with Gasteiger partial charge in [0.1, 0.15) is 5.76 Å². The van der Waals surface area contributed by atoms with E-state index in [0.717, 1.165) is 24.2 Å². The predicted molar refractivity (Wildman–Crippen MR) is 69.3 cm³/mol. The molecule has 0 bridgehead atoms. The molecule has 90 valence electrons. The minimum absolute atomic E-state index is 0.627. The zero-order chi connectivity index (χ0) is 12.1. The van der Waals surface area contributed by atoms with Gasteiger partial charge in [-0.25, -0.2) is 0 Å². The van der Waals surface area contributed by atoms with Crippen LogP contribution in [-0.4, -0.2) is 6.61 Å². The largest absolute Gasteiger partial charge is 0.465 e. The van der Waals surface area contributed by atoms with E-state index in [1.807, 2.05) is 24.3 Å². The molecule has 0 saturated heterocycles. The maximum atomic E-state index is 5.70. The molecule has 0 N–H and O–H groups in total. The monoisotopic (exact) mass is 230 g/mol. The summed E-state index contributed by atoms with van der Waals surface area (Å²) in [4.78, 5) is 0. The van der Waals surface area contributed by atoms with E-state index in [9.17, 15) is 0 Å². The molecule has 0 aliphatic heterocycles. The number of rotatable bonds is 5. The highest BCUT2D eigenvalue weighted by Gasteiger charge is 2.11. The summed E-state index contributed by atoms with van der Waals surface area (Å²) in [6, 6.07) is 12.3. The lowest BCUT2D eigenvalue weighted by atomic mass is 10.1. The molecule has 0 unspecified atom stereocenters. The van der Waals surface area contributed by atoms with Gasteiger partial charge >= 0.3 is 0 Å². The maximum Gasteiger partial charge on any atom is 0.285 e. The van der Waals surface area contributed by atoms with Crippen LogP contribution in [0.4, 0.5) is 0 Å². The number of furan rings is 1. The van der Waals surface area contributed by atoms with Gasteiger partial charge in [-0.05, 0) is 12.0 Å². The van der Waals surface area contributed by atoms with Crippen molar-refractivity contribution in [1.29, 1.82) is 0 Å². The molecule has 0 atom stereocenters. The summed E-state index contributed by atoms with van der Waals surface area (Å²) >= 11 is 0. The molecule has 0 spiro atoms. The van der Waals surface area contributed by atoms with Crippen molar-refractivity contribution in [3.63, 3.8) is 0 Å². The van der Waals surface area contributed by atoms with Crippen molar-refractivity contribution in [3.05, 3.63) is 42.2 Å². The molecule has 17 heavy (non-hydrogen) atoms. The third-order valence-electron chi connectivity index (χ3n) is 2.64. The number of hydrogen-bond acceptors (Lipinski definition) is 2. The van der Waals surface area contributed by atoms with Crippen molar-refractivity contribution >= 4 is 0 Å². The van der Waals surface area contributed by atoms with E-state index in [4.69, 9.17) is 9.15 Å². The summed E-state index contributed by atoms with van der Waals surface area (Å²) in [5, 5.41) is 0. The molecular formula is C15H18O2. The summed E-state index contributed by atoms with van der Waals surface area (Å²) < 4.78 is 11.2. The van der Waals surface area contributed by atoms with Crippen LogP contribution in [-0.2, 0) is 6.42 Å². The standard InChI is InChI=1S/C15H18O2/c1-3-10-16-15-11-13(14(4-2)17-15)12-8-6-5-7-9-12/h5-9,11H,3-4,10H2,1-2H3. The van der Waals surface area contributed by atoms with Gasteiger partial charge in [0.05, 0.1) is 6.61 Å². The van der Waals surface area contributed by atoms with Crippen molar-refractivity contribution in [2.45, 2.75) is 26.7 Å². The number of aryl methyl sites for hydroxylation is 1. The van der Waals surface area contributed by atoms with Crippen LogP contribution in [0, 0.1) is 0 Å². The third-order valence-corrected chi connectivity index (χ3v) is 2.64. The molecule has 2 aromatic rings. The van der Waals surface area contributed by atoms with E-state index in [-0.39, 0.29) is 0 Å². The predicted octanol–water partition coefficient (Wildman–Crippen LogP) is 4.30. The number of hydrogen-bond donors (Lipinski definition) is 0. The summed E-state index contributed by atoms with van der Waals surface area (Å²) in [6.45, 7) is 4.88. The Bertz CT molecular complexity index is 457. The molecular weight excluding hydrogens is 212 g/mol. The van der Waals surface area contributed by atoms with E-state index in [0.29, 0.717) is 12.6 Å². The van der Waals surface area contributed by atoms with Gasteiger partial charge in [0.25, 0.3) is 5.95 Å². The molecule has 0 aliphatic rings. The highest BCUT2D eigenvalue weighted by atomic mass is 16.6. The van der Waals surface area contributed by atoms with Crippen molar-refractivity contribution < 1.29 is 9.15 Å². The van der Waals surface area contributed by atoms with Crippen molar-refractivity contribution in [3.8, 4) is 17.1 Å². The van der Waals surface area contributed by atoms with E-state index in [1.54, 1.807) is 0 Å². The Morgan fingerprint density at radius 3 is 2.53 bits per heavy atom. The Hall–Kier alpha value is -1.70. The lowest BCUT2D eigenvalue weighted by Gasteiger charge is -1.98. The lowest BCUT2D eigenvalue weighted by molar-refractivity contribution is 0.237. The number of ether oxygens (including phenoxy) is 1. The molecule has 1 heterocycles. The maximum absolute atomic E-state index is 5.70. The molecule has 0 fully saturated rings. The van der Waals surface area contributed by atoms with Gasteiger partial charge < -0.3 is 9.15 Å². The highest BCUT2D eigenvalue weighted by Crippen LogP contribution is 2.31. The fraction of sp³-hybridized carbons (Fsp3) is 0.333. The van der Waals surface area contributed by atoms with E-state index in [2.05, 4.69) is 26.0 Å². The minimum atomic E-state index is 0.627. The summed E-state index contributed by atoms with van der Waals surface area (Å²) in [5.41, 5.74) is 2.32. The van der Waals surface area contributed by atoms with Crippen molar-refractivity contribution in [1.82, 2.24) is 0 Å². The summed E-state index contributed by atoms with van der Waals surface area (Å²) in [5.74, 6) is 1.62. The molecule has 0 saturated carbocycles. The molecule has 2 rings (SSSR count). The first-order chi connectivity index (χ1) is 8.35. The SMILES string of the molecule is CCCOc1cc(-c2ccccc2)c(CC)o1. The normalized spacial score (nSPS) is 10.5. The van der Waals surface area contributed by atoms with Crippen LogP contribution >= 0.6 is 0 Å². The topological polar surface area (TPSA) is 22.4 Å². The zero-order valence-corrected chi connectivity index (χ0v) is 10.4. The first-order valence-electron chi connectivity index (χ1n) is 6.16. The minimum Gasteiger partial charge on any atom is -0.465 e. The van der Waals surface area contributed by atoms with Crippen LogP contribution in [0.15, 0.2) is 40.8 Å². The van der Waals surface area contributed by atoms with Crippen LogP contribution in [0.2, 0.25) is 0 Å². The van der Waals surface area contributed by atoms with Crippen LogP contribution in [0.1, 0.15) is 26.0 Å². The highest BCUT2D eigenvalue weighted by molar-refractivity contribution is 5.66. The Morgan fingerprint density at radius 2 is 1.88 bits per heavy atom. The fourth-order valence-electron chi connectivity index (χ4n) is 1.80.